The molecule has 2 heterocycles. The number of nitrogens with one attached hydrogen (secondary N) is 1. The Morgan fingerprint density at radius 1 is 1.25 bits per heavy atom. The van der Waals surface area contributed by atoms with Crippen LogP contribution >= 0.6 is 22.9 Å². The normalized spacial score (nSPS) is 24.5. The lowest BCUT2D eigenvalue weighted by Crippen LogP contribution is -2.52. The number of hydrogen-bond acceptors (Lipinski definition) is 5. The van der Waals surface area contributed by atoms with Gasteiger partial charge in [-0.15, -0.1) is 0 Å². The number of hydrogen-bond donors (Lipinski definition) is 1. The van der Waals surface area contributed by atoms with E-state index in [-0.39, 0.29) is 6.17 Å². The fourth-order valence-electron chi connectivity index (χ4n) is 3.08. The fraction of sp³-hybridized carbons (Fsp3) is 0.235. The molecule has 1 N–H and O–H groups in total. The van der Waals surface area contributed by atoms with Crippen molar-refractivity contribution in [3.8, 4) is 0 Å². The lowest BCUT2D eigenvalue weighted by molar-refractivity contribution is 0.323. The first kappa shape index (κ1) is 15.8. The standard InChI is InChI=1S/C17H17ClN4OS/c1-21-10-15(19-12-6-3-2-4-7-12)22(23,11-21)17-20-16-13(18)8-5-9-14(16)24-17/h2-9,15,19H,10-11H2,1H3. The van der Waals surface area contributed by atoms with Crippen LogP contribution in [0.3, 0.4) is 0 Å². The number of nitrogens with zero attached hydrogens (tertiary/aromatic N) is 3. The Morgan fingerprint density at radius 3 is 2.79 bits per heavy atom. The van der Waals surface area contributed by atoms with Gasteiger partial charge >= 0.3 is 0 Å². The van der Waals surface area contributed by atoms with E-state index in [1.807, 2.05) is 54.4 Å². The van der Waals surface area contributed by atoms with E-state index >= 15 is 0 Å². The number of hydroxylamine groups is 2. The molecule has 24 heavy (non-hydrogen) atoms. The van der Waals surface area contributed by atoms with E-state index in [0.717, 1.165) is 10.4 Å². The van der Waals surface area contributed by atoms with Gasteiger partial charge in [0.25, 0.3) is 5.13 Å². The maximum atomic E-state index is 13.7. The van der Waals surface area contributed by atoms with Crippen LogP contribution in [-0.4, -0.2) is 36.3 Å². The van der Waals surface area contributed by atoms with Gasteiger partial charge in [0.05, 0.1) is 16.3 Å². The van der Waals surface area contributed by atoms with Crippen LogP contribution in [0, 0.1) is 5.21 Å². The summed E-state index contributed by atoms with van der Waals surface area (Å²) in [7, 11) is 1.96. The van der Waals surface area contributed by atoms with Crippen molar-refractivity contribution in [2.45, 2.75) is 6.17 Å². The SMILES string of the molecule is CN1CC(Nc2ccccc2)[N+]([O-])(c2nc3c(Cl)cccc3s2)C1. The average molecular weight is 361 g/mol. The number of fused-ring (bicyclic) bond motifs is 1. The molecular formula is C17H17ClN4OS. The summed E-state index contributed by atoms with van der Waals surface area (Å²) in [4.78, 5) is 6.60. The Hall–Kier alpha value is -1.70. The first-order valence-corrected chi connectivity index (χ1v) is 8.90. The van der Waals surface area contributed by atoms with Crippen molar-refractivity contribution in [1.82, 2.24) is 14.5 Å². The van der Waals surface area contributed by atoms with Crippen molar-refractivity contribution in [1.29, 1.82) is 0 Å². The molecule has 0 radical (unpaired) electrons. The molecule has 2 unspecified atom stereocenters. The molecule has 4 rings (SSSR count). The molecule has 124 valence electrons. The van der Waals surface area contributed by atoms with Crippen molar-refractivity contribution in [2.24, 2.45) is 0 Å². The smallest absolute Gasteiger partial charge is 0.290 e. The second kappa shape index (κ2) is 5.98. The minimum atomic E-state index is -0.513. The maximum absolute atomic E-state index is 13.7. The van der Waals surface area contributed by atoms with Crippen molar-refractivity contribution in [3.05, 3.63) is 58.8 Å². The third-order valence-electron chi connectivity index (χ3n) is 4.23. The van der Waals surface area contributed by atoms with Gasteiger partial charge in [0.15, 0.2) is 6.17 Å². The molecule has 1 aliphatic heterocycles. The van der Waals surface area contributed by atoms with Crippen LogP contribution in [0.5, 0.6) is 0 Å². The Labute approximate surface area is 149 Å². The van der Waals surface area contributed by atoms with Crippen LogP contribution in [0.4, 0.5) is 10.8 Å². The molecule has 1 aliphatic rings. The largest absolute Gasteiger partial charge is 0.623 e. The van der Waals surface area contributed by atoms with Gasteiger partial charge in [0, 0.05) is 5.69 Å². The van der Waals surface area contributed by atoms with E-state index in [2.05, 4.69) is 10.3 Å². The van der Waals surface area contributed by atoms with Gasteiger partial charge in [-0.1, -0.05) is 47.2 Å². The summed E-state index contributed by atoms with van der Waals surface area (Å²) in [6, 6.07) is 15.5. The quantitative estimate of drug-likeness (QED) is 0.564. The highest BCUT2D eigenvalue weighted by Crippen LogP contribution is 2.39. The molecular weight excluding hydrogens is 344 g/mol. The van der Waals surface area contributed by atoms with E-state index in [1.54, 1.807) is 6.07 Å². The molecule has 0 bridgehead atoms. The van der Waals surface area contributed by atoms with Crippen LogP contribution in [0.1, 0.15) is 0 Å². The van der Waals surface area contributed by atoms with Gasteiger partial charge in [-0.25, -0.2) is 0 Å². The minimum Gasteiger partial charge on any atom is -0.623 e. The Morgan fingerprint density at radius 2 is 2.04 bits per heavy atom. The topological polar surface area (TPSA) is 51.2 Å². The summed E-state index contributed by atoms with van der Waals surface area (Å²) in [6.45, 7) is 1.02. The second-order valence-corrected chi connectivity index (χ2v) is 7.50. The highest BCUT2D eigenvalue weighted by atomic mass is 35.5. The number of para-hydroxylation sites is 2. The average Bonchev–Trinajstić information content (AvgIpc) is 3.12. The van der Waals surface area contributed by atoms with E-state index in [1.165, 1.54) is 11.3 Å². The Balaban J connectivity index is 1.73. The number of halogens is 1. The third kappa shape index (κ3) is 2.66. The van der Waals surface area contributed by atoms with Crippen molar-refractivity contribution >= 4 is 44.0 Å². The van der Waals surface area contributed by atoms with Gasteiger partial charge in [-0.05, 0) is 31.3 Å². The van der Waals surface area contributed by atoms with Gasteiger partial charge in [-0.2, -0.15) is 4.98 Å². The number of quaternary nitrogens is 1. The molecule has 1 fully saturated rings. The van der Waals surface area contributed by atoms with Gasteiger partial charge < -0.3 is 10.5 Å². The van der Waals surface area contributed by atoms with Crippen LogP contribution in [0.15, 0.2) is 48.5 Å². The summed E-state index contributed by atoms with van der Waals surface area (Å²) >= 11 is 7.65. The lowest BCUT2D eigenvalue weighted by atomic mass is 10.3. The first-order chi connectivity index (χ1) is 11.6. The molecule has 0 saturated carbocycles. The molecule has 0 aliphatic carbocycles. The fourth-order valence-corrected chi connectivity index (χ4v) is 4.42. The van der Waals surface area contributed by atoms with Crippen LogP contribution in [-0.2, 0) is 0 Å². The zero-order valence-electron chi connectivity index (χ0n) is 13.1. The van der Waals surface area contributed by atoms with Crippen LogP contribution in [0.25, 0.3) is 10.2 Å². The van der Waals surface area contributed by atoms with E-state index in [0.29, 0.717) is 28.9 Å². The minimum absolute atomic E-state index is 0.309. The molecule has 7 heteroatoms. The predicted octanol–water partition coefficient (Wildman–Crippen LogP) is 4.10. The highest BCUT2D eigenvalue weighted by Gasteiger charge is 2.42. The number of anilines is 1. The molecule has 3 aromatic rings. The summed E-state index contributed by atoms with van der Waals surface area (Å²) in [5.41, 5.74) is 1.65. The third-order valence-corrected chi connectivity index (χ3v) is 5.67. The Bertz CT molecular complexity index is 871. The van der Waals surface area contributed by atoms with E-state index in [4.69, 9.17) is 11.6 Å². The van der Waals surface area contributed by atoms with Crippen molar-refractivity contribution in [2.75, 3.05) is 25.6 Å². The number of benzene rings is 2. The lowest BCUT2D eigenvalue weighted by Gasteiger charge is -2.40. The number of aromatic nitrogens is 1. The summed E-state index contributed by atoms with van der Waals surface area (Å²) in [5, 5.41) is 18.2. The predicted molar refractivity (Wildman–Crippen MR) is 101 cm³/mol. The monoisotopic (exact) mass is 360 g/mol. The second-order valence-electron chi connectivity index (χ2n) is 6.08. The summed E-state index contributed by atoms with van der Waals surface area (Å²) < 4.78 is 0.431. The molecule has 0 spiro atoms. The molecule has 1 aromatic heterocycles. The maximum Gasteiger partial charge on any atom is 0.290 e. The Kier molecular flexibility index (Phi) is 3.94. The summed E-state index contributed by atoms with van der Waals surface area (Å²) in [6.07, 6.45) is -0.309. The summed E-state index contributed by atoms with van der Waals surface area (Å²) in [5.74, 6) is 0. The number of rotatable bonds is 3. The first-order valence-electron chi connectivity index (χ1n) is 7.71. The zero-order valence-corrected chi connectivity index (χ0v) is 14.7. The van der Waals surface area contributed by atoms with Gasteiger partial charge in [0.1, 0.15) is 12.2 Å². The molecule has 2 atom stereocenters. The van der Waals surface area contributed by atoms with Crippen LogP contribution in [0.2, 0.25) is 5.02 Å². The number of likely N-dealkylation sites (N-methyl/N-ethyl adjacent to an activating group) is 1. The highest BCUT2D eigenvalue weighted by molar-refractivity contribution is 7.22. The van der Waals surface area contributed by atoms with Crippen molar-refractivity contribution < 1.29 is 0 Å². The number of thiazole rings is 1. The van der Waals surface area contributed by atoms with E-state index < -0.39 is 4.65 Å². The molecule has 2 aromatic carbocycles. The van der Waals surface area contributed by atoms with Gasteiger partial charge in [0.2, 0.25) is 0 Å². The van der Waals surface area contributed by atoms with Crippen LogP contribution < -0.4 is 9.96 Å². The van der Waals surface area contributed by atoms with Crippen molar-refractivity contribution in [3.63, 3.8) is 0 Å². The molecule has 5 nitrogen and oxygen atoms in total. The van der Waals surface area contributed by atoms with E-state index in [9.17, 15) is 5.21 Å². The molecule has 1 saturated heterocycles. The zero-order chi connectivity index (χ0) is 16.7. The molecule has 0 amide bonds. The van der Waals surface area contributed by atoms with Gasteiger partial charge in [-0.3, -0.25) is 9.55 Å².